The van der Waals surface area contributed by atoms with E-state index in [2.05, 4.69) is 10.3 Å². The Morgan fingerprint density at radius 3 is 2.61 bits per heavy atom. The highest BCUT2D eigenvalue weighted by Gasteiger charge is 2.14. The van der Waals surface area contributed by atoms with Crippen LogP contribution in [0.1, 0.15) is 32.2 Å². The zero-order chi connectivity index (χ0) is 20.3. The Hall–Kier alpha value is -3.68. The molecule has 0 aliphatic heterocycles. The van der Waals surface area contributed by atoms with Crippen molar-refractivity contribution in [2.24, 2.45) is 0 Å². The van der Waals surface area contributed by atoms with Crippen molar-refractivity contribution in [2.45, 2.75) is 13.5 Å². The Bertz CT molecular complexity index is 1040. The van der Waals surface area contributed by atoms with Crippen LogP contribution in [-0.4, -0.2) is 29.1 Å². The van der Waals surface area contributed by atoms with Gasteiger partial charge in [0.25, 0.3) is 5.91 Å². The van der Waals surface area contributed by atoms with E-state index in [1.54, 1.807) is 19.1 Å². The lowest BCUT2D eigenvalue weighted by atomic mass is 10.0. The van der Waals surface area contributed by atoms with Crippen LogP contribution in [0.25, 0.3) is 11.3 Å². The topological polar surface area (TPSA) is 102 Å². The van der Waals surface area contributed by atoms with Crippen LogP contribution in [0.3, 0.4) is 0 Å². The van der Waals surface area contributed by atoms with E-state index in [0.717, 1.165) is 11.8 Å². The normalized spacial score (nSPS) is 10.5. The fraction of sp³-hybridized carbons (Fsp3) is 0.150. The lowest BCUT2D eigenvalue weighted by Gasteiger charge is -2.09. The summed E-state index contributed by atoms with van der Waals surface area (Å²) in [7, 11) is 1.35. The van der Waals surface area contributed by atoms with Gasteiger partial charge >= 0.3 is 5.97 Å². The molecular weight excluding hydrogens is 367 g/mol. The number of nitrogens with zero attached hydrogens (tertiary/aromatic N) is 1. The van der Waals surface area contributed by atoms with Crippen molar-refractivity contribution in [1.82, 2.24) is 10.3 Å². The Balaban J connectivity index is 1.90. The van der Waals surface area contributed by atoms with Gasteiger partial charge in [0.1, 0.15) is 17.3 Å². The molecule has 7 nitrogen and oxygen atoms in total. The third-order valence-corrected chi connectivity index (χ3v) is 3.93. The van der Waals surface area contributed by atoms with Gasteiger partial charge in [-0.15, -0.1) is 0 Å². The molecule has 2 N–H and O–H groups in total. The molecule has 0 saturated heterocycles. The third-order valence-electron chi connectivity index (χ3n) is 3.93. The summed E-state index contributed by atoms with van der Waals surface area (Å²) < 4.78 is 24.5. The van der Waals surface area contributed by atoms with Gasteiger partial charge in [0.15, 0.2) is 0 Å². The van der Waals surface area contributed by atoms with E-state index < -0.39 is 17.7 Å². The number of furan rings is 1. The minimum atomic E-state index is -1.18. The largest absolute Gasteiger partial charge is 0.481 e. The highest BCUT2D eigenvalue weighted by molar-refractivity contribution is 5.95. The molecule has 0 fully saturated rings. The molecule has 2 aromatic heterocycles. The van der Waals surface area contributed by atoms with Gasteiger partial charge < -0.3 is 19.6 Å². The quantitative estimate of drug-likeness (QED) is 0.675. The number of carbonyl (C=O) groups excluding carboxylic acids is 1. The standard InChI is InChI=1S/C20H17FN2O5/c1-11-3-4-16(28-11)10-22-19(24)13-5-12(6-15(21)7-13)17-8-14(20(25)26)9-18(23-17)27-2/h3-9H,10H2,1-2H3,(H,22,24)(H,25,26). The summed E-state index contributed by atoms with van der Waals surface area (Å²) in [6, 6.07) is 9.73. The lowest BCUT2D eigenvalue weighted by molar-refractivity contribution is 0.0696. The van der Waals surface area contributed by atoms with Crippen LogP contribution in [0.5, 0.6) is 5.88 Å². The van der Waals surface area contributed by atoms with Gasteiger partial charge in [0.2, 0.25) is 5.88 Å². The molecule has 1 amide bonds. The summed E-state index contributed by atoms with van der Waals surface area (Å²) in [5.74, 6) is -0.976. The van der Waals surface area contributed by atoms with E-state index in [1.165, 1.54) is 31.4 Å². The molecule has 3 aromatic rings. The first kappa shape index (κ1) is 19.1. The van der Waals surface area contributed by atoms with E-state index >= 15 is 0 Å². The van der Waals surface area contributed by atoms with Crippen LogP contribution in [0.2, 0.25) is 0 Å². The van der Waals surface area contributed by atoms with Gasteiger partial charge in [-0.1, -0.05) is 0 Å². The number of halogens is 1. The number of nitrogens with one attached hydrogen (secondary N) is 1. The number of pyridine rings is 1. The average molecular weight is 384 g/mol. The SMILES string of the molecule is COc1cc(C(=O)O)cc(-c2cc(F)cc(C(=O)NCc3ccc(C)o3)c2)n1. The maximum atomic E-state index is 14.1. The van der Waals surface area contributed by atoms with Crippen molar-refractivity contribution in [3.8, 4) is 17.1 Å². The Labute approximate surface area is 159 Å². The summed E-state index contributed by atoms with van der Waals surface area (Å²) in [5.41, 5.74) is 0.428. The second-order valence-electron chi connectivity index (χ2n) is 6.01. The summed E-state index contributed by atoms with van der Waals surface area (Å²) in [4.78, 5) is 27.8. The minimum absolute atomic E-state index is 0.0645. The smallest absolute Gasteiger partial charge is 0.335 e. The van der Waals surface area contributed by atoms with E-state index in [1.807, 2.05) is 0 Å². The van der Waals surface area contributed by atoms with Crippen molar-refractivity contribution in [3.05, 3.63) is 70.9 Å². The monoisotopic (exact) mass is 384 g/mol. The third kappa shape index (κ3) is 4.35. The lowest BCUT2D eigenvalue weighted by Crippen LogP contribution is -2.22. The summed E-state index contributed by atoms with van der Waals surface area (Å²) >= 11 is 0. The highest BCUT2D eigenvalue weighted by Crippen LogP contribution is 2.24. The Morgan fingerprint density at radius 1 is 1.18 bits per heavy atom. The number of amides is 1. The number of carboxylic acid groups (broad SMARTS) is 1. The molecule has 0 radical (unpaired) electrons. The number of ether oxygens (including phenoxy) is 1. The number of hydrogen-bond donors (Lipinski definition) is 2. The number of aryl methyl sites for hydroxylation is 1. The number of hydrogen-bond acceptors (Lipinski definition) is 5. The van der Waals surface area contributed by atoms with E-state index in [9.17, 15) is 19.1 Å². The Kier molecular flexibility index (Phi) is 5.39. The van der Waals surface area contributed by atoms with E-state index in [4.69, 9.17) is 9.15 Å². The minimum Gasteiger partial charge on any atom is -0.481 e. The number of aromatic nitrogens is 1. The van der Waals surface area contributed by atoms with E-state index in [0.29, 0.717) is 5.76 Å². The van der Waals surface area contributed by atoms with Crippen LogP contribution >= 0.6 is 0 Å². The van der Waals surface area contributed by atoms with Crippen molar-refractivity contribution in [1.29, 1.82) is 0 Å². The second kappa shape index (κ2) is 7.91. The fourth-order valence-electron chi connectivity index (χ4n) is 2.60. The van der Waals surface area contributed by atoms with Gasteiger partial charge in [-0.25, -0.2) is 14.2 Å². The highest BCUT2D eigenvalue weighted by atomic mass is 19.1. The van der Waals surface area contributed by atoms with Gasteiger partial charge in [-0.3, -0.25) is 4.79 Å². The molecule has 0 bridgehead atoms. The summed E-state index contributed by atoms with van der Waals surface area (Å²) in [6.07, 6.45) is 0. The maximum Gasteiger partial charge on any atom is 0.335 e. The van der Waals surface area contributed by atoms with Crippen molar-refractivity contribution in [2.75, 3.05) is 7.11 Å². The van der Waals surface area contributed by atoms with Crippen LogP contribution in [-0.2, 0) is 6.54 Å². The first-order valence-electron chi connectivity index (χ1n) is 8.29. The van der Waals surface area contributed by atoms with E-state index in [-0.39, 0.29) is 34.8 Å². The van der Waals surface area contributed by atoms with Gasteiger partial charge in [-0.05, 0) is 43.3 Å². The molecule has 0 saturated carbocycles. The zero-order valence-corrected chi connectivity index (χ0v) is 15.2. The fourth-order valence-corrected chi connectivity index (χ4v) is 2.60. The molecule has 0 aliphatic carbocycles. The molecule has 8 heteroatoms. The first-order chi connectivity index (χ1) is 13.4. The van der Waals surface area contributed by atoms with Crippen LogP contribution in [0.15, 0.2) is 46.9 Å². The van der Waals surface area contributed by atoms with Crippen LogP contribution < -0.4 is 10.1 Å². The predicted molar refractivity (Wildman–Crippen MR) is 97.8 cm³/mol. The molecule has 2 heterocycles. The van der Waals surface area contributed by atoms with Crippen LogP contribution in [0.4, 0.5) is 4.39 Å². The van der Waals surface area contributed by atoms with Crippen molar-refractivity contribution in [3.63, 3.8) is 0 Å². The van der Waals surface area contributed by atoms with Gasteiger partial charge in [-0.2, -0.15) is 0 Å². The molecule has 3 rings (SSSR count). The number of carboxylic acids is 1. The molecule has 0 spiro atoms. The number of rotatable bonds is 6. The second-order valence-corrected chi connectivity index (χ2v) is 6.01. The number of aromatic carboxylic acids is 1. The molecular formula is C20H17FN2O5. The zero-order valence-electron chi connectivity index (χ0n) is 15.2. The number of methoxy groups -OCH3 is 1. The van der Waals surface area contributed by atoms with Crippen molar-refractivity contribution >= 4 is 11.9 Å². The van der Waals surface area contributed by atoms with Gasteiger partial charge in [0.05, 0.1) is 24.9 Å². The molecule has 0 atom stereocenters. The van der Waals surface area contributed by atoms with Gasteiger partial charge in [0, 0.05) is 17.2 Å². The molecule has 0 aliphatic rings. The summed E-state index contributed by atoms with van der Waals surface area (Å²) in [6.45, 7) is 1.94. The maximum absolute atomic E-state index is 14.1. The molecule has 144 valence electrons. The molecule has 28 heavy (non-hydrogen) atoms. The van der Waals surface area contributed by atoms with Crippen molar-refractivity contribution < 1.29 is 28.2 Å². The van der Waals surface area contributed by atoms with Crippen LogP contribution in [0, 0.1) is 12.7 Å². The predicted octanol–water partition coefficient (Wildman–Crippen LogP) is 3.43. The molecule has 1 aromatic carbocycles. The average Bonchev–Trinajstić information content (AvgIpc) is 3.10. The summed E-state index contributed by atoms with van der Waals surface area (Å²) in [5, 5.41) is 11.9. The molecule has 0 unspecified atom stereocenters. The number of benzene rings is 1. The Morgan fingerprint density at radius 2 is 1.96 bits per heavy atom. The number of carbonyl (C=O) groups is 2. The first-order valence-corrected chi connectivity index (χ1v) is 8.29.